The smallest absolute Gasteiger partial charge is 0.418 e. The maximum atomic E-state index is 9.75. The van der Waals surface area contributed by atoms with Gasteiger partial charge in [-0.3, -0.25) is 0 Å². The first-order valence-corrected chi connectivity index (χ1v) is 13.6. The first kappa shape index (κ1) is 29.1. The van der Waals surface area contributed by atoms with Crippen molar-refractivity contribution in [1.82, 2.24) is 0 Å². The molecule has 208 valence electrons. The Morgan fingerprint density at radius 3 is 1.60 bits per heavy atom. The van der Waals surface area contributed by atoms with E-state index in [4.69, 9.17) is 0 Å². The van der Waals surface area contributed by atoms with E-state index in [1.54, 1.807) is 0 Å². The van der Waals surface area contributed by atoms with E-state index in [9.17, 15) is 17.3 Å². The van der Waals surface area contributed by atoms with Crippen molar-refractivity contribution in [2.75, 3.05) is 4.90 Å². The minimum Gasteiger partial charge on any atom is -0.418 e. The second kappa shape index (κ2) is 12.5. The fraction of sp³-hybridized carbons (Fsp3) is 0.242. The molecule has 2 unspecified atom stereocenters. The highest BCUT2D eigenvalue weighted by molar-refractivity contribution is 6.50. The van der Waals surface area contributed by atoms with Crippen LogP contribution in [-0.4, -0.2) is 18.2 Å². The van der Waals surface area contributed by atoms with E-state index in [1.165, 1.54) is 33.6 Å². The number of rotatable bonds is 6. The van der Waals surface area contributed by atoms with Crippen LogP contribution in [0.25, 0.3) is 0 Å². The fourth-order valence-electron chi connectivity index (χ4n) is 5.41. The van der Waals surface area contributed by atoms with Gasteiger partial charge >= 0.3 is 7.25 Å². The summed E-state index contributed by atoms with van der Waals surface area (Å²) < 4.78 is 41.5. The molecule has 4 aromatic carbocycles. The second-order valence-electron chi connectivity index (χ2n) is 10.6. The van der Waals surface area contributed by atoms with Gasteiger partial charge in [0.2, 0.25) is 6.34 Å². The van der Waals surface area contributed by atoms with E-state index in [0.717, 1.165) is 0 Å². The van der Waals surface area contributed by atoms with Crippen LogP contribution < -0.4 is 4.90 Å². The lowest BCUT2D eigenvalue weighted by Gasteiger charge is -2.26. The van der Waals surface area contributed by atoms with Crippen LogP contribution in [0.5, 0.6) is 0 Å². The van der Waals surface area contributed by atoms with Gasteiger partial charge in [0.15, 0.2) is 12.1 Å². The Morgan fingerprint density at radius 1 is 0.600 bits per heavy atom. The molecule has 1 heterocycles. The quantitative estimate of drug-likeness (QED) is 0.133. The minimum absolute atomic E-state index is 0.138. The van der Waals surface area contributed by atoms with E-state index in [2.05, 4.69) is 153 Å². The van der Waals surface area contributed by atoms with Crippen molar-refractivity contribution < 1.29 is 21.8 Å². The lowest BCUT2D eigenvalue weighted by Crippen LogP contribution is -2.27. The number of hydrogen-bond acceptors (Lipinski definition) is 1. The Balaban J connectivity index is 0.000000681. The Kier molecular flexibility index (Phi) is 9.13. The van der Waals surface area contributed by atoms with Gasteiger partial charge in [-0.05, 0) is 24.0 Å². The Bertz CT molecular complexity index is 1410. The molecule has 0 radical (unpaired) electrons. The van der Waals surface area contributed by atoms with Crippen molar-refractivity contribution in [3.05, 3.63) is 131 Å². The molecule has 2 nitrogen and oxygen atoms in total. The van der Waals surface area contributed by atoms with E-state index in [-0.39, 0.29) is 12.1 Å². The first-order valence-electron chi connectivity index (χ1n) is 13.6. The number of anilines is 1. The van der Waals surface area contributed by atoms with Crippen LogP contribution >= 0.6 is 0 Å². The molecular weight excluding hydrogens is 511 g/mol. The molecule has 2 atom stereocenters. The zero-order valence-electron chi connectivity index (χ0n) is 23.3. The average molecular weight is 546 g/mol. The molecule has 1 aliphatic rings. The van der Waals surface area contributed by atoms with E-state index in [0.29, 0.717) is 11.8 Å². The molecule has 0 bridgehead atoms. The van der Waals surface area contributed by atoms with Gasteiger partial charge < -0.3 is 17.3 Å². The second-order valence-corrected chi connectivity index (χ2v) is 10.6. The van der Waals surface area contributed by atoms with Crippen LogP contribution in [0.15, 0.2) is 109 Å². The molecule has 0 aromatic heterocycles. The zero-order chi connectivity index (χ0) is 28.9. The molecule has 0 N–H and O–H groups in total. The van der Waals surface area contributed by atoms with Crippen molar-refractivity contribution in [1.29, 1.82) is 0 Å². The van der Waals surface area contributed by atoms with Gasteiger partial charge in [-0.15, -0.1) is 0 Å². The predicted molar refractivity (Wildman–Crippen MR) is 158 cm³/mol. The van der Waals surface area contributed by atoms with Crippen molar-refractivity contribution in [2.24, 2.45) is 0 Å². The van der Waals surface area contributed by atoms with Crippen LogP contribution in [0.1, 0.15) is 73.9 Å². The van der Waals surface area contributed by atoms with Gasteiger partial charge in [-0.25, -0.2) is 9.48 Å². The van der Waals surface area contributed by atoms with Crippen LogP contribution in [0.4, 0.5) is 28.6 Å². The first-order chi connectivity index (χ1) is 19.1. The fourth-order valence-corrected chi connectivity index (χ4v) is 5.41. The molecule has 1 aliphatic heterocycles. The largest absolute Gasteiger partial charge is 0.673 e. The third-order valence-corrected chi connectivity index (χ3v) is 7.10. The molecule has 7 heteroatoms. The lowest BCUT2D eigenvalue weighted by molar-refractivity contribution is -0.482. The monoisotopic (exact) mass is 546 g/mol. The van der Waals surface area contributed by atoms with Crippen molar-refractivity contribution in [2.45, 2.75) is 51.6 Å². The average Bonchev–Trinajstić information content (AvgIpc) is 3.33. The molecule has 0 saturated heterocycles. The number of halogens is 4. The van der Waals surface area contributed by atoms with Crippen molar-refractivity contribution >= 4 is 25.0 Å². The van der Waals surface area contributed by atoms with E-state index >= 15 is 0 Å². The normalized spacial score (nSPS) is 17.1. The molecular formula is C33H35BF4N2. The Hall–Kier alpha value is -3.87. The zero-order valence-corrected chi connectivity index (χ0v) is 23.3. The summed E-state index contributed by atoms with van der Waals surface area (Å²) in [6, 6.07) is 40.0. The molecule has 0 aliphatic carbocycles. The number of para-hydroxylation sites is 2. The number of benzene rings is 4. The summed E-state index contributed by atoms with van der Waals surface area (Å²) in [5, 5.41) is 0. The lowest BCUT2D eigenvalue weighted by atomic mass is 9.90. The van der Waals surface area contributed by atoms with Gasteiger partial charge in [0.05, 0.1) is 0 Å². The maximum absolute atomic E-state index is 9.75. The molecule has 0 spiro atoms. The SMILES string of the molecule is CC(C)c1ccccc1N1C=[N+](c2ccccc2C(C)C)C(c2ccccc2)C1c1ccccc1.F[B-](F)(F)F. The van der Waals surface area contributed by atoms with Crippen LogP contribution in [0.2, 0.25) is 0 Å². The predicted octanol–water partition coefficient (Wildman–Crippen LogP) is 9.91. The number of nitrogens with zero attached hydrogens (tertiary/aromatic N) is 2. The van der Waals surface area contributed by atoms with E-state index in [1.807, 2.05) is 0 Å². The third-order valence-electron chi connectivity index (χ3n) is 7.10. The molecule has 0 amide bonds. The molecule has 0 fully saturated rings. The van der Waals surface area contributed by atoms with Crippen molar-refractivity contribution in [3.8, 4) is 0 Å². The third kappa shape index (κ3) is 6.82. The topological polar surface area (TPSA) is 6.25 Å². The number of hydrogen-bond donors (Lipinski definition) is 0. The van der Waals surface area contributed by atoms with Crippen molar-refractivity contribution in [3.63, 3.8) is 0 Å². The summed E-state index contributed by atoms with van der Waals surface area (Å²) in [6.07, 6.45) is 2.36. The Labute approximate surface area is 234 Å². The molecule has 40 heavy (non-hydrogen) atoms. The summed E-state index contributed by atoms with van der Waals surface area (Å²) >= 11 is 0. The minimum atomic E-state index is -6.00. The highest BCUT2D eigenvalue weighted by atomic mass is 19.5. The van der Waals surface area contributed by atoms with Crippen LogP contribution in [-0.2, 0) is 0 Å². The van der Waals surface area contributed by atoms with Gasteiger partial charge in [-0.2, -0.15) is 0 Å². The molecule has 4 aromatic rings. The summed E-state index contributed by atoms with van der Waals surface area (Å²) in [5.74, 6) is 0.867. The summed E-state index contributed by atoms with van der Waals surface area (Å²) in [6.45, 7) is 9.14. The summed E-state index contributed by atoms with van der Waals surface area (Å²) in [5.41, 5.74) is 7.94. The highest BCUT2D eigenvalue weighted by Gasteiger charge is 2.46. The van der Waals surface area contributed by atoms with Gasteiger partial charge in [0, 0.05) is 22.3 Å². The summed E-state index contributed by atoms with van der Waals surface area (Å²) in [7, 11) is -6.00. The maximum Gasteiger partial charge on any atom is 0.673 e. The highest BCUT2D eigenvalue weighted by Crippen LogP contribution is 2.47. The molecule has 0 saturated carbocycles. The van der Waals surface area contributed by atoms with Crippen LogP contribution in [0.3, 0.4) is 0 Å². The van der Waals surface area contributed by atoms with Gasteiger partial charge in [0.1, 0.15) is 11.4 Å². The standard InChI is InChI=1S/C33H35N2.BF4/c1-24(2)28-19-11-13-21-30(28)34-23-35(31-22-14-12-20-29(31)25(3)4)33(27-17-9-6-10-18-27)32(34)26-15-7-5-8-16-26;2-1(3,4)5/h5-25,32-33H,1-4H3;/q+1;-1. The summed E-state index contributed by atoms with van der Waals surface area (Å²) in [4.78, 5) is 2.51. The van der Waals surface area contributed by atoms with E-state index < -0.39 is 7.25 Å². The molecule has 5 rings (SSSR count). The van der Waals surface area contributed by atoms with Gasteiger partial charge in [-0.1, -0.05) is 125 Å². The Morgan fingerprint density at radius 2 is 1.05 bits per heavy atom. The van der Waals surface area contributed by atoms with Gasteiger partial charge in [0.25, 0.3) is 0 Å². The van der Waals surface area contributed by atoms with Crippen LogP contribution in [0, 0.1) is 0 Å².